The summed E-state index contributed by atoms with van der Waals surface area (Å²) < 4.78 is 1.87. The molecule has 5 heteroatoms. The summed E-state index contributed by atoms with van der Waals surface area (Å²) in [5, 5.41) is 10.1. The van der Waals surface area contributed by atoms with E-state index in [4.69, 9.17) is 0 Å². The second-order valence-corrected chi connectivity index (χ2v) is 5.94. The summed E-state index contributed by atoms with van der Waals surface area (Å²) in [5.41, 5.74) is 4.53. The Bertz CT molecular complexity index is 827. The predicted octanol–water partition coefficient (Wildman–Crippen LogP) is 3.24. The van der Waals surface area contributed by atoms with Gasteiger partial charge in [-0.2, -0.15) is 5.10 Å². The Kier molecular flexibility index (Phi) is 5.46. The molecule has 2 amide bonds. The third kappa shape index (κ3) is 4.70. The van der Waals surface area contributed by atoms with E-state index in [0.29, 0.717) is 19.6 Å². The first kappa shape index (κ1) is 16.8. The molecule has 0 saturated heterocycles. The molecule has 0 unspecified atom stereocenters. The van der Waals surface area contributed by atoms with Crippen LogP contribution >= 0.6 is 0 Å². The highest BCUT2D eigenvalue weighted by molar-refractivity contribution is 5.73. The Morgan fingerprint density at radius 3 is 2.24 bits per heavy atom. The van der Waals surface area contributed by atoms with Gasteiger partial charge in [-0.25, -0.2) is 4.79 Å². The van der Waals surface area contributed by atoms with Crippen molar-refractivity contribution in [1.82, 2.24) is 20.4 Å². The van der Waals surface area contributed by atoms with Crippen LogP contribution in [0.1, 0.15) is 22.3 Å². The summed E-state index contributed by atoms with van der Waals surface area (Å²) >= 11 is 0. The summed E-state index contributed by atoms with van der Waals surface area (Å²) in [4.78, 5) is 12.1. The Morgan fingerprint density at radius 1 is 0.920 bits per heavy atom. The highest BCUT2D eigenvalue weighted by Crippen LogP contribution is 2.10. The number of hydrogen-bond donors (Lipinski definition) is 2. The number of nitrogens with one attached hydrogen (secondary N) is 2. The van der Waals surface area contributed by atoms with Crippen molar-refractivity contribution in [2.24, 2.45) is 0 Å². The molecule has 0 aliphatic carbocycles. The number of amides is 2. The fourth-order valence-electron chi connectivity index (χ4n) is 2.67. The van der Waals surface area contributed by atoms with Gasteiger partial charge in [-0.15, -0.1) is 0 Å². The topological polar surface area (TPSA) is 59.0 Å². The standard InChI is InChI=1S/C20H22N4O/c1-16-7-2-3-8-17(16)13-21-20(25)22-14-18-9-4-5-10-19(18)15-24-12-6-11-23-24/h2-12H,13-15H2,1H3,(H2,21,22,25). The van der Waals surface area contributed by atoms with Crippen LogP contribution in [0.25, 0.3) is 0 Å². The van der Waals surface area contributed by atoms with Gasteiger partial charge < -0.3 is 10.6 Å². The third-order valence-electron chi connectivity index (χ3n) is 4.15. The van der Waals surface area contributed by atoms with Gasteiger partial charge in [0.15, 0.2) is 0 Å². The Morgan fingerprint density at radius 2 is 1.56 bits per heavy atom. The van der Waals surface area contributed by atoms with E-state index >= 15 is 0 Å². The maximum Gasteiger partial charge on any atom is 0.315 e. The minimum Gasteiger partial charge on any atom is -0.334 e. The quantitative estimate of drug-likeness (QED) is 0.727. The molecule has 2 aromatic carbocycles. The number of carbonyl (C=O) groups is 1. The van der Waals surface area contributed by atoms with E-state index in [1.54, 1.807) is 6.20 Å². The molecule has 5 nitrogen and oxygen atoms in total. The van der Waals surface area contributed by atoms with Crippen molar-refractivity contribution < 1.29 is 4.79 Å². The molecular formula is C20H22N4O. The molecule has 0 aliphatic rings. The summed E-state index contributed by atoms with van der Waals surface area (Å²) in [6, 6.07) is 17.8. The van der Waals surface area contributed by atoms with E-state index < -0.39 is 0 Å². The Labute approximate surface area is 147 Å². The van der Waals surface area contributed by atoms with Crippen LogP contribution in [0.3, 0.4) is 0 Å². The number of hydrogen-bond acceptors (Lipinski definition) is 2. The average molecular weight is 334 g/mol. The third-order valence-corrected chi connectivity index (χ3v) is 4.15. The SMILES string of the molecule is Cc1ccccc1CNC(=O)NCc1ccccc1Cn1cccn1. The van der Waals surface area contributed by atoms with Gasteiger partial charge in [0.05, 0.1) is 6.54 Å². The molecule has 0 aliphatic heterocycles. The van der Waals surface area contributed by atoms with Gasteiger partial charge in [0, 0.05) is 25.5 Å². The van der Waals surface area contributed by atoms with Crippen molar-refractivity contribution in [3.8, 4) is 0 Å². The number of rotatable bonds is 6. The van der Waals surface area contributed by atoms with Crippen LogP contribution in [0.2, 0.25) is 0 Å². The molecule has 0 atom stereocenters. The average Bonchev–Trinajstić information content (AvgIpc) is 3.13. The minimum atomic E-state index is -0.169. The second-order valence-electron chi connectivity index (χ2n) is 5.94. The van der Waals surface area contributed by atoms with Crippen LogP contribution in [-0.2, 0) is 19.6 Å². The normalized spacial score (nSPS) is 10.4. The van der Waals surface area contributed by atoms with E-state index in [1.165, 1.54) is 5.56 Å². The molecule has 0 fully saturated rings. The maximum atomic E-state index is 12.1. The molecule has 1 aromatic heterocycles. The number of carbonyl (C=O) groups excluding carboxylic acids is 1. The second kappa shape index (κ2) is 8.15. The molecule has 0 bridgehead atoms. The first-order valence-electron chi connectivity index (χ1n) is 8.33. The fourth-order valence-corrected chi connectivity index (χ4v) is 2.67. The molecule has 2 N–H and O–H groups in total. The molecule has 3 aromatic rings. The van der Waals surface area contributed by atoms with E-state index in [-0.39, 0.29) is 6.03 Å². The molecule has 0 radical (unpaired) electrons. The van der Waals surface area contributed by atoms with Crippen LogP contribution in [-0.4, -0.2) is 15.8 Å². The number of nitrogens with zero attached hydrogens (tertiary/aromatic N) is 2. The number of aromatic nitrogens is 2. The molecule has 1 heterocycles. The van der Waals surface area contributed by atoms with Crippen LogP contribution < -0.4 is 10.6 Å². The first-order chi connectivity index (χ1) is 12.2. The van der Waals surface area contributed by atoms with Gasteiger partial charge in [0.25, 0.3) is 0 Å². The first-order valence-corrected chi connectivity index (χ1v) is 8.33. The van der Waals surface area contributed by atoms with Crippen molar-refractivity contribution >= 4 is 6.03 Å². The lowest BCUT2D eigenvalue weighted by Gasteiger charge is -2.12. The van der Waals surface area contributed by atoms with Gasteiger partial charge in [-0.05, 0) is 35.2 Å². The lowest BCUT2D eigenvalue weighted by molar-refractivity contribution is 0.240. The highest BCUT2D eigenvalue weighted by Gasteiger charge is 2.06. The summed E-state index contributed by atoms with van der Waals surface area (Å²) in [6.07, 6.45) is 3.69. The van der Waals surface area contributed by atoms with Crippen LogP contribution in [0, 0.1) is 6.92 Å². The molecule has 0 spiro atoms. The van der Waals surface area contributed by atoms with E-state index in [9.17, 15) is 4.79 Å². The van der Waals surface area contributed by atoms with Crippen molar-refractivity contribution in [1.29, 1.82) is 0 Å². The summed E-state index contributed by atoms with van der Waals surface area (Å²) in [5.74, 6) is 0. The Balaban J connectivity index is 1.54. The van der Waals surface area contributed by atoms with E-state index in [1.807, 2.05) is 66.3 Å². The zero-order valence-electron chi connectivity index (χ0n) is 14.3. The molecule has 0 saturated carbocycles. The fraction of sp³-hybridized carbons (Fsp3) is 0.200. The predicted molar refractivity (Wildman–Crippen MR) is 98.0 cm³/mol. The monoisotopic (exact) mass is 334 g/mol. The van der Waals surface area contributed by atoms with Gasteiger partial charge in [0.2, 0.25) is 0 Å². The van der Waals surface area contributed by atoms with Crippen molar-refractivity contribution in [3.05, 3.63) is 89.2 Å². The zero-order valence-corrected chi connectivity index (χ0v) is 14.3. The van der Waals surface area contributed by atoms with Crippen molar-refractivity contribution in [3.63, 3.8) is 0 Å². The van der Waals surface area contributed by atoms with Crippen molar-refractivity contribution in [2.45, 2.75) is 26.6 Å². The van der Waals surface area contributed by atoms with Crippen LogP contribution in [0.5, 0.6) is 0 Å². The lowest BCUT2D eigenvalue weighted by Crippen LogP contribution is -2.35. The van der Waals surface area contributed by atoms with Crippen LogP contribution in [0.15, 0.2) is 67.0 Å². The minimum absolute atomic E-state index is 0.169. The van der Waals surface area contributed by atoms with E-state index in [2.05, 4.69) is 21.8 Å². The Hall–Kier alpha value is -3.08. The van der Waals surface area contributed by atoms with E-state index in [0.717, 1.165) is 16.7 Å². The maximum absolute atomic E-state index is 12.1. The summed E-state index contributed by atoms with van der Waals surface area (Å²) in [7, 11) is 0. The van der Waals surface area contributed by atoms with Crippen LogP contribution in [0.4, 0.5) is 4.79 Å². The number of aryl methyl sites for hydroxylation is 1. The van der Waals surface area contributed by atoms with Gasteiger partial charge in [0.1, 0.15) is 0 Å². The largest absolute Gasteiger partial charge is 0.334 e. The smallest absolute Gasteiger partial charge is 0.315 e. The molecule has 128 valence electrons. The molecule has 3 rings (SSSR count). The highest BCUT2D eigenvalue weighted by atomic mass is 16.2. The van der Waals surface area contributed by atoms with Crippen molar-refractivity contribution in [2.75, 3.05) is 0 Å². The van der Waals surface area contributed by atoms with Gasteiger partial charge >= 0.3 is 6.03 Å². The number of urea groups is 1. The molecule has 25 heavy (non-hydrogen) atoms. The lowest BCUT2D eigenvalue weighted by atomic mass is 10.1. The summed E-state index contributed by atoms with van der Waals surface area (Å²) in [6.45, 7) is 3.74. The van der Waals surface area contributed by atoms with Gasteiger partial charge in [-0.3, -0.25) is 4.68 Å². The number of benzene rings is 2. The zero-order chi connectivity index (χ0) is 17.5. The van der Waals surface area contributed by atoms with Gasteiger partial charge in [-0.1, -0.05) is 48.5 Å². The molecular weight excluding hydrogens is 312 g/mol.